The van der Waals surface area contributed by atoms with Crippen molar-refractivity contribution < 1.29 is 4.42 Å². The van der Waals surface area contributed by atoms with Crippen LogP contribution in [0.2, 0.25) is 0 Å². The Kier molecular flexibility index (Phi) is 1.50. The summed E-state index contributed by atoms with van der Waals surface area (Å²) < 4.78 is 5.27. The molecule has 0 saturated carbocycles. The summed E-state index contributed by atoms with van der Waals surface area (Å²) in [5.74, 6) is 1.26. The van der Waals surface area contributed by atoms with Gasteiger partial charge in [0.2, 0.25) is 0 Å². The fourth-order valence-electron chi connectivity index (χ4n) is 1.86. The van der Waals surface area contributed by atoms with Gasteiger partial charge in [-0.2, -0.15) is 0 Å². The summed E-state index contributed by atoms with van der Waals surface area (Å²) in [5.41, 5.74) is 1.65. The first-order valence-electron chi connectivity index (χ1n) is 5.16. The largest absolute Gasteiger partial charge is 0.461 e. The zero-order valence-electron chi connectivity index (χ0n) is 8.66. The standard InChI is InChI=1S/C12H6N4O/c1-2-11(17-3-1)12-15-9-4-7-8(14-6-13-7)5-10(9)16-12/h1-6H. The Hall–Kier alpha value is -2.56. The Balaban J connectivity index is 1.93. The summed E-state index contributed by atoms with van der Waals surface area (Å²) in [7, 11) is 0. The lowest BCUT2D eigenvalue weighted by atomic mass is 10.2. The van der Waals surface area contributed by atoms with Crippen LogP contribution in [-0.4, -0.2) is 12.2 Å². The summed E-state index contributed by atoms with van der Waals surface area (Å²) in [6.45, 7) is 0. The van der Waals surface area contributed by atoms with Gasteiger partial charge < -0.3 is 4.42 Å². The number of nitrogens with zero attached hydrogens (tertiary/aromatic N) is 4. The second-order valence-corrected chi connectivity index (χ2v) is 3.73. The lowest BCUT2D eigenvalue weighted by Crippen LogP contribution is -2.06. The molecular formula is C12H6N4O. The molecule has 0 saturated heterocycles. The van der Waals surface area contributed by atoms with E-state index in [0.29, 0.717) is 11.6 Å². The third kappa shape index (κ3) is 1.19. The van der Waals surface area contributed by atoms with E-state index in [1.54, 1.807) is 6.26 Å². The zero-order valence-corrected chi connectivity index (χ0v) is 8.66. The molecule has 1 aromatic heterocycles. The molecule has 2 aliphatic rings. The van der Waals surface area contributed by atoms with Crippen molar-refractivity contribution in [1.82, 2.24) is 0 Å². The number of rotatable bonds is 1. The molecule has 0 radical (unpaired) electrons. The summed E-state index contributed by atoms with van der Waals surface area (Å²) in [5, 5.41) is 1.65. The fraction of sp³-hybridized carbons (Fsp3) is 0. The number of benzene rings is 1. The van der Waals surface area contributed by atoms with E-state index in [9.17, 15) is 0 Å². The van der Waals surface area contributed by atoms with Gasteiger partial charge in [0.1, 0.15) is 6.34 Å². The molecule has 0 N–H and O–H groups in total. The van der Waals surface area contributed by atoms with Crippen LogP contribution in [0.1, 0.15) is 5.76 Å². The topological polar surface area (TPSA) is 62.6 Å². The smallest absolute Gasteiger partial charge is 0.196 e. The number of amidine groups is 1. The molecule has 80 valence electrons. The lowest BCUT2D eigenvalue weighted by molar-refractivity contribution is 0.557. The molecule has 2 aromatic rings. The molecular weight excluding hydrogens is 216 g/mol. The Bertz CT molecular complexity index is 785. The molecule has 0 bridgehead atoms. The predicted molar refractivity (Wildman–Crippen MR) is 61.8 cm³/mol. The van der Waals surface area contributed by atoms with Crippen LogP contribution in [-0.2, 0) is 0 Å². The first-order valence-corrected chi connectivity index (χ1v) is 5.16. The van der Waals surface area contributed by atoms with E-state index in [1.807, 2.05) is 24.3 Å². The van der Waals surface area contributed by atoms with Crippen molar-refractivity contribution in [3.8, 4) is 0 Å². The van der Waals surface area contributed by atoms with Gasteiger partial charge in [0.15, 0.2) is 11.6 Å². The normalized spacial score (nSPS) is 14.9. The molecule has 0 fully saturated rings. The van der Waals surface area contributed by atoms with E-state index in [2.05, 4.69) is 20.0 Å². The van der Waals surface area contributed by atoms with Crippen LogP contribution in [0.25, 0.3) is 0 Å². The fourth-order valence-corrected chi connectivity index (χ4v) is 1.86. The Morgan fingerprint density at radius 3 is 2.82 bits per heavy atom. The highest BCUT2D eigenvalue weighted by molar-refractivity contribution is 6.00. The number of fused-ring (bicyclic) bond motifs is 2. The van der Waals surface area contributed by atoms with E-state index in [1.165, 1.54) is 6.34 Å². The van der Waals surface area contributed by atoms with E-state index in [0.717, 1.165) is 22.1 Å². The predicted octanol–water partition coefficient (Wildman–Crippen LogP) is 1.28. The van der Waals surface area contributed by atoms with Gasteiger partial charge in [-0.15, -0.1) is 0 Å². The molecule has 0 spiro atoms. The Labute approximate surface area is 95.6 Å². The van der Waals surface area contributed by atoms with Crippen molar-refractivity contribution >= 4 is 23.5 Å². The maximum atomic E-state index is 5.27. The Morgan fingerprint density at radius 1 is 1.00 bits per heavy atom. The van der Waals surface area contributed by atoms with Crippen LogP contribution in [0, 0.1) is 0 Å². The van der Waals surface area contributed by atoms with Gasteiger partial charge in [-0.25, -0.2) is 20.0 Å². The minimum atomic E-state index is 0.595. The SMILES string of the molecule is C1=Nc2cc3c(cc2=N1)N=C(c1ccco1)N=3. The van der Waals surface area contributed by atoms with Crippen LogP contribution in [0.3, 0.4) is 0 Å². The molecule has 1 aromatic carbocycles. The third-order valence-corrected chi connectivity index (χ3v) is 2.66. The first kappa shape index (κ1) is 8.58. The molecule has 2 aliphatic heterocycles. The summed E-state index contributed by atoms with van der Waals surface area (Å²) in [4.78, 5) is 17.1. The highest BCUT2D eigenvalue weighted by Crippen LogP contribution is 2.17. The van der Waals surface area contributed by atoms with Crippen molar-refractivity contribution in [3.63, 3.8) is 0 Å². The summed E-state index contributed by atoms with van der Waals surface area (Å²) >= 11 is 0. The molecule has 0 amide bonds. The van der Waals surface area contributed by atoms with Gasteiger partial charge in [0.25, 0.3) is 0 Å². The number of aliphatic imine (C=N–C) groups is 2. The molecule has 17 heavy (non-hydrogen) atoms. The monoisotopic (exact) mass is 222 g/mol. The summed E-state index contributed by atoms with van der Waals surface area (Å²) in [6.07, 6.45) is 3.15. The van der Waals surface area contributed by atoms with Gasteiger partial charge >= 0.3 is 0 Å². The van der Waals surface area contributed by atoms with Crippen LogP contribution in [0.15, 0.2) is 54.9 Å². The highest BCUT2D eigenvalue weighted by atomic mass is 16.3. The molecule has 5 nitrogen and oxygen atoms in total. The van der Waals surface area contributed by atoms with E-state index < -0.39 is 0 Å². The molecule has 3 heterocycles. The second kappa shape index (κ2) is 2.98. The van der Waals surface area contributed by atoms with E-state index in [4.69, 9.17) is 4.42 Å². The van der Waals surface area contributed by atoms with Crippen molar-refractivity contribution in [3.05, 3.63) is 47.0 Å². The molecule has 4 rings (SSSR count). The minimum absolute atomic E-state index is 0.595. The minimum Gasteiger partial charge on any atom is -0.461 e. The Morgan fingerprint density at radius 2 is 1.94 bits per heavy atom. The molecule has 5 heteroatoms. The van der Waals surface area contributed by atoms with Crippen LogP contribution in [0.4, 0.5) is 11.4 Å². The highest BCUT2D eigenvalue weighted by Gasteiger charge is 2.14. The van der Waals surface area contributed by atoms with Gasteiger partial charge in [0.05, 0.1) is 28.4 Å². The van der Waals surface area contributed by atoms with Crippen LogP contribution >= 0.6 is 0 Å². The van der Waals surface area contributed by atoms with E-state index in [-0.39, 0.29) is 0 Å². The first-order chi connectivity index (χ1) is 8.40. The molecule has 0 unspecified atom stereocenters. The average Bonchev–Trinajstić information content (AvgIpc) is 3.05. The van der Waals surface area contributed by atoms with Gasteiger partial charge in [-0.3, -0.25) is 0 Å². The number of hydrogen-bond acceptors (Lipinski definition) is 5. The van der Waals surface area contributed by atoms with Crippen LogP contribution in [0.5, 0.6) is 0 Å². The number of hydrogen-bond donors (Lipinski definition) is 0. The molecule has 0 aliphatic carbocycles. The van der Waals surface area contributed by atoms with Crippen LogP contribution < -0.4 is 10.7 Å². The number of furan rings is 1. The summed E-state index contributed by atoms with van der Waals surface area (Å²) in [6, 6.07) is 7.43. The van der Waals surface area contributed by atoms with Crippen molar-refractivity contribution in [2.75, 3.05) is 0 Å². The maximum absolute atomic E-state index is 5.27. The van der Waals surface area contributed by atoms with Gasteiger partial charge in [-0.1, -0.05) is 0 Å². The van der Waals surface area contributed by atoms with Gasteiger partial charge in [0, 0.05) is 0 Å². The van der Waals surface area contributed by atoms with Crippen molar-refractivity contribution in [2.24, 2.45) is 20.0 Å². The van der Waals surface area contributed by atoms with Crippen molar-refractivity contribution in [2.45, 2.75) is 0 Å². The second-order valence-electron chi connectivity index (χ2n) is 3.73. The average molecular weight is 222 g/mol. The zero-order chi connectivity index (χ0) is 11.2. The molecule has 0 atom stereocenters. The third-order valence-electron chi connectivity index (χ3n) is 2.66. The van der Waals surface area contributed by atoms with E-state index >= 15 is 0 Å². The van der Waals surface area contributed by atoms with Gasteiger partial charge in [-0.05, 0) is 24.3 Å². The van der Waals surface area contributed by atoms with Crippen molar-refractivity contribution in [1.29, 1.82) is 0 Å². The maximum Gasteiger partial charge on any atom is 0.196 e. The quantitative estimate of drug-likeness (QED) is 0.716. The lowest BCUT2D eigenvalue weighted by Gasteiger charge is -1.89.